The highest BCUT2D eigenvalue weighted by Gasteiger charge is 2.01. The summed E-state index contributed by atoms with van der Waals surface area (Å²) in [4.78, 5) is 10.8. The van der Waals surface area contributed by atoms with Gasteiger partial charge in [-0.15, -0.1) is 0 Å². The number of carbonyl (C=O) groups excluding carboxylic acids is 1. The molecule has 0 unspecified atom stereocenters. The molecule has 0 radical (unpaired) electrons. The molecule has 0 aliphatic carbocycles. The summed E-state index contributed by atoms with van der Waals surface area (Å²) < 4.78 is 9.83. The third-order valence-corrected chi connectivity index (χ3v) is 1.35. The largest absolute Gasteiger partial charge is 0.460 e. The SMILES string of the molecule is C=C(C)C(=O)OCCOCCBr. The molecule has 0 aliphatic heterocycles. The minimum absolute atomic E-state index is 0.290. The van der Waals surface area contributed by atoms with Crippen LogP contribution in [0.3, 0.4) is 0 Å². The Hall–Kier alpha value is -0.350. The first-order chi connectivity index (χ1) is 5.68. The van der Waals surface area contributed by atoms with Crippen LogP contribution >= 0.6 is 15.9 Å². The highest BCUT2D eigenvalue weighted by Crippen LogP contribution is 1.91. The van der Waals surface area contributed by atoms with E-state index < -0.39 is 0 Å². The summed E-state index contributed by atoms with van der Waals surface area (Å²) in [6.07, 6.45) is 0. The molecule has 70 valence electrons. The normalized spacial score (nSPS) is 9.50. The summed E-state index contributed by atoms with van der Waals surface area (Å²) in [5.41, 5.74) is 0.412. The van der Waals surface area contributed by atoms with Crippen LogP contribution in [-0.4, -0.2) is 31.1 Å². The molecule has 0 bridgehead atoms. The van der Waals surface area contributed by atoms with Gasteiger partial charge in [0.1, 0.15) is 6.61 Å². The van der Waals surface area contributed by atoms with Crippen LogP contribution in [0.15, 0.2) is 12.2 Å². The molecule has 0 saturated heterocycles. The second-order valence-corrected chi connectivity index (χ2v) is 3.01. The summed E-state index contributed by atoms with van der Waals surface area (Å²) in [6, 6.07) is 0. The van der Waals surface area contributed by atoms with Crippen LogP contribution in [0.25, 0.3) is 0 Å². The molecule has 0 N–H and O–H groups in total. The van der Waals surface area contributed by atoms with E-state index >= 15 is 0 Å². The highest BCUT2D eigenvalue weighted by molar-refractivity contribution is 9.09. The Bertz CT molecular complexity index is 156. The van der Waals surface area contributed by atoms with Gasteiger partial charge in [0.05, 0.1) is 13.2 Å². The van der Waals surface area contributed by atoms with Crippen molar-refractivity contribution < 1.29 is 14.3 Å². The molecule has 4 heteroatoms. The molecule has 0 aromatic rings. The van der Waals surface area contributed by atoms with Crippen LogP contribution in [-0.2, 0) is 14.3 Å². The molecule has 0 saturated carbocycles. The second-order valence-electron chi connectivity index (χ2n) is 2.22. The number of halogens is 1. The summed E-state index contributed by atoms with van der Waals surface area (Å²) in [5, 5.41) is 0.793. The topological polar surface area (TPSA) is 35.5 Å². The average molecular weight is 237 g/mol. The lowest BCUT2D eigenvalue weighted by Gasteiger charge is -2.03. The molecular weight excluding hydrogens is 224 g/mol. The van der Waals surface area contributed by atoms with E-state index in [0.29, 0.717) is 25.4 Å². The van der Waals surface area contributed by atoms with Gasteiger partial charge in [-0.3, -0.25) is 0 Å². The zero-order chi connectivity index (χ0) is 9.40. The predicted molar refractivity (Wildman–Crippen MR) is 50.4 cm³/mol. The number of alkyl halides is 1. The van der Waals surface area contributed by atoms with Gasteiger partial charge in [-0.1, -0.05) is 22.5 Å². The Kier molecular flexibility index (Phi) is 7.09. The van der Waals surface area contributed by atoms with Crippen molar-refractivity contribution in [2.45, 2.75) is 6.92 Å². The van der Waals surface area contributed by atoms with Crippen LogP contribution in [0.4, 0.5) is 0 Å². The second kappa shape index (κ2) is 7.31. The molecule has 12 heavy (non-hydrogen) atoms. The number of hydrogen-bond acceptors (Lipinski definition) is 3. The van der Waals surface area contributed by atoms with E-state index in [-0.39, 0.29) is 5.97 Å². The molecule has 0 aromatic carbocycles. The highest BCUT2D eigenvalue weighted by atomic mass is 79.9. The monoisotopic (exact) mass is 236 g/mol. The predicted octanol–water partition coefficient (Wildman–Crippen LogP) is 1.52. The summed E-state index contributed by atoms with van der Waals surface area (Å²) in [7, 11) is 0. The van der Waals surface area contributed by atoms with Crippen LogP contribution in [0.2, 0.25) is 0 Å². The molecule has 0 heterocycles. The Labute approximate surface area is 80.9 Å². The molecule has 0 fully saturated rings. The van der Waals surface area contributed by atoms with Crippen molar-refractivity contribution in [3.8, 4) is 0 Å². The van der Waals surface area contributed by atoms with Gasteiger partial charge < -0.3 is 9.47 Å². The van der Waals surface area contributed by atoms with E-state index in [0.717, 1.165) is 5.33 Å². The fourth-order valence-corrected chi connectivity index (χ4v) is 0.702. The molecular formula is C8H13BrO3. The van der Waals surface area contributed by atoms with Crippen LogP contribution in [0.1, 0.15) is 6.92 Å². The molecule has 0 aromatic heterocycles. The van der Waals surface area contributed by atoms with Crippen molar-refractivity contribution in [2.75, 3.05) is 25.2 Å². The van der Waals surface area contributed by atoms with Gasteiger partial charge in [-0.2, -0.15) is 0 Å². The first-order valence-electron chi connectivity index (χ1n) is 3.65. The van der Waals surface area contributed by atoms with Gasteiger partial charge in [0.2, 0.25) is 0 Å². The number of rotatable bonds is 6. The van der Waals surface area contributed by atoms with Gasteiger partial charge in [-0.25, -0.2) is 4.79 Å². The van der Waals surface area contributed by atoms with Gasteiger partial charge in [0.25, 0.3) is 0 Å². The van der Waals surface area contributed by atoms with E-state index in [1.165, 1.54) is 0 Å². The van der Waals surface area contributed by atoms with E-state index in [4.69, 9.17) is 9.47 Å². The van der Waals surface area contributed by atoms with E-state index in [2.05, 4.69) is 22.5 Å². The molecule has 0 spiro atoms. The maximum atomic E-state index is 10.8. The standard InChI is InChI=1S/C8H13BrO3/c1-7(2)8(10)12-6-5-11-4-3-9/h1,3-6H2,2H3. The number of hydrogen-bond donors (Lipinski definition) is 0. The van der Waals surface area contributed by atoms with Crippen LogP contribution < -0.4 is 0 Å². The Morgan fingerprint density at radius 2 is 2.08 bits per heavy atom. The lowest BCUT2D eigenvalue weighted by molar-refractivity contribution is -0.140. The summed E-state index contributed by atoms with van der Waals surface area (Å²) >= 11 is 3.21. The Balaban J connectivity index is 3.20. The molecule has 0 atom stereocenters. The van der Waals surface area contributed by atoms with Crippen LogP contribution in [0.5, 0.6) is 0 Å². The van der Waals surface area contributed by atoms with Crippen molar-refractivity contribution in [1.29, 1.82) is 0 Å². The smallest absolute Gasteiger partial charge is 0.333 e. The zero-order valence-corrected chi connectivity index (χ0v) is 8.72. The number of esters is 1. The van der Waals surface area contributed by atoms with Gasteiger partial charge in [-0.05, 0) is 6.92 Å². The summed E-state index contributed by atoms with van der Waals surface area (Å²) in [5.74, 6) is -0.363. The average Bonchev–Trinajstić information content (AvgIpc) is 2.03. The van der Waals surface area contributed by atoms with Crippen molar-refractivity contribution in [3.05, 3.63) is 12.2 Å². The Morgan fingerprint density at radius 1 is 1.42 bits per heavy atom. The molecule has 3 nitrogen and oxygen atoms in total. The van der Waals surface area contributed by atoms with Crippen molar-refractivity contribution >= 4 is 21.9 Å². The minimum Gasteiger partial charge on any atom is -0.460 e. The van der Waals surface area contributed by atoms with Gasteiger partial charge >= 0.3 is 5.97 Å². The van der Waals surface area contributed by atoms with Crippen LogP contribution in [0, 0.1) is 0 Å². The fourth-order valence-electron chi connectivity index (χ4n) is 0.473. The molecule has 0 aliphatic rings. The van der Waals surface area contributed by atoms with Crippen molar-refractivity contribution in [3.63, 3.8) is 0 Å². The third kappa shape index (κ3) is 6.37. The molecule has 0 amide bonds. The quantitative estimate of drug-likeness (QED) is 0.304. The van der Waals surface area contributed by atoms with E-state index in [1.807, 2.05) is 0 Å². The lowest BCUT2D eigenvalue weighted by atomic mass is 10.4. The van der Waals surface area contributed by atoms with Crippen molar-refractivity contribution in [1.82, 2.24) is 0 Å². The minimum atomic E-state index is -0.363. The third-order valence-electron chi connectivity index (χ3n) is 1.03. The first-order valence-corrected chi connectivity index (χ1v) is 4.77. The maximum Gasteiger partial charge on any atom is 0.333 e. The number of ether oxygens (including phenoxy) is 2. The lowest BCUT2D eigenvalue weighted by Crippen LogP contribution is -2.11. The van der Waals surface area contributed by atoms with Gasteiger partial charge in [0, 0.05) is 10.9 Å². The molecule has 0 rings (SSSR count). The zero-order valence-electron chi connectivity index (χ0n) is 7.14. The van der Waals surface area contributed by atoms with Crippen molar-refractivity contribution in [2.24, 2.45) is 0 Å². The maximum absolute atomic E-state index is 10.8. The fraction of sp³-hybridized carbons (Fsp3) is 0.625. The van der Waals surface area contributed by atoms with E-state index in [9.17, 15) is 4.79 Å². The van der Waals surface area contributed by atoms with E-state index in [1.54, 1.807) is 6.92 Å². The van der Waals surface area contributed by atoms with Gasteiger partial charge in [0.15, 0.2) is 0 Å². The Morgan fingerprint density at radius 3 is 2.58 bits per heavy atom. The summed E-state index contributed by atoms with van der Waals surface area (Å²) in [6.45, 7) is 6.42. The number of carbonyl (C=O) groups is 1. The first kappa shape index (κ1) is 11.6.